The van der Waals surface area contributed by atoms with Crippen molar-refractivity contribution in [3.63, 3.8) is 0 Å². The zero-order valence-electron chi connectivity index (χ0n) is 17.7. The van der Waals surface area contributed by atoms with Gasteiger partial charge in [0.05, 0.1) is 5.39 Å². The molecule has 162 valence electrons. The molecule has 0 bridgehead atoms. The second kappa shape index (κ2) is 9.32. The molecule has 7 nitrogen and oxygen atoms in total. The quantitative estimate of drug-likeness (QED) is 0.695. The van der Waals surface area contributed by atoms with Gasteiger partial charge in [0.1, 0.15) is 11.3 Å². The van der Waals surface area contributed by atoms with Gasteiger partial charge in [0.2, 0.25) is 0 Å². The van der Waals surface area contributed by atoms with E-state index in [0.29, 0.717) is 42.5 Å². The molecule has 1 atom stereocenters. The Bertz CT molecular complexity index is 987. The lowest BCUT2D eigenvalue weighted by atomic mass is 9.82. The first kappa shape index (κ1) is 21.9. The number of aryl methyl sites for hydroxylation is 2. The third-order valence-electron chi connectivity index (χ3n) is 5.83. The van der Waals surface area contributed by atoms with Crippen LogP contribution in [0.25, 0.3) is 11.0 Å². The van der Waals surface area contributed by atoms with Gasteiger partial charge in [-0.25, -0.2) is 4.79 Å². The SMILES string of the molecule is CCc1cc(=O)oc2cc(C)cc(O[C@H](C)C(=O)NCC3CCC(C(=O)[O-])CC3)c12. The van der Waals surface area contributed by atoms with Gasteiger partial charge in [-0.1, -0.05) is 6.92 Å². The molecule has 0 unspecified atom stereocenters. The molecule has 1 aromatic heterocycles. The summed E-state index contributed by atoms with van der Waals surface area (Å²) in [4.78, 5) is 35.3. The van der Waals surface area contributed by atoms with Crippen LogP contribution in [0.3, 0.4) is 0 Å². The van der Waals surface area contributed by atoms with Gasteiger partial charge in [-0.15, -0.1) is 0 Å². The number of carboxylic acids is 1. The van der Waals surface area contributed by atoms with E-state index in [0.717, 1.165) is 24.0 Å². The van der Waals surface area contributed by atoms with Crippen molar-refractivity contribution in [3.8, 4) is 5.75 Å². The van der Waals surface area contributed by atoms with E-state index in [4.69, 9.17) is 9.15 Å². The molecule has 1 aliphatic carbocycles. The van der Waals surface area contributed by atoms with E-state index in [-0.39, 0.29) is 17.7 Å². The minimum absolute atomic E-state index is 0.234. The maximum absolute atomic E-state index is 12.6. The number of ether oxygens (including phenoxy) is 1. The molecule has 1 heterocycles. The third kappa shape index (κ3) is 5.01. The summed E-state index contributed by atoms with van der Waals surface area (Å²) in [6.45, 7) is 6.00. The summed E-state index contributed by atoms with van der Waals surface area (Å²) in [5, 5.41) is 14.6. The Morgan fingerprint density at radius 2 is 1.93 bits per heavy atom. The molecule has 0 radical (unpaired) electrons. The van der Waals surface area contributed by atoms with Gasteiger partial charge in [-0.3, -0.25) is 4.79 Å². The van der Waals surface area contributed by atoms with Gasteiger partial charge in [-0.2, -0.15) is 0 Å². The van der Waals surface area contributed by atoms with E-state index >= 15 is 0 Å². The van der Waals surface area contributed by atoms with Crippen molar-refractivity contribution in [2.45, 2.75) is 59.0 Å². The van der Waals surface area contributed by atoms with Gasteiger partial charge in [0, 0.05) is 18.6 Å². The van der Waals surface area contributed by atoms with Crippen LogP contribution in [0.1, 0.15) is 50.7 Å². The Kier molecular flexibility index (Phi) is 6.80. The fourth-order valence-electron chi connectivity index (χ4n) is 4.08. The predicted molar refractivity (Wildman–Crippen MR) is 110 cm³/mol. The van der Waals surface area contributed by atoms with E-state index in [1.165, 1.54) is 6.07 Å². The zero-order chi connectivity index (χ0) is 21.8. The summed E-state index contributed by atoms with van der Waals surface area (Å²) in [7, 11) is 0. The maximum Gasteiger partial charge on any atom is 0.336 e. The smallest absolute Gasteiger partial charge is 0.336 e. The van der Waals surface area contributed by atoms with E-state index < -0.39 is 17.7 Å². The monoisotopic (exact) mass is 414 g/mol. The largest absolute Gasteiger partial charge is 0.550 e. The number of nitrogens with one attached hydrogen (secondary N) is 1. The standard InChI is InChI=1S/C23H29NO6/c1-4-16-11-20(25)30-19-10-13(2)9-18(21(16)19)29-14(3)22(26)24-12-15-5-7-17(8-6-15)23(27)28/h9-11,14-15,17H,4-8,12H2,1-3H3,(H,24,26)(H,27,28)/p-1/t14-,15?,17?/m1/s1. The van der Waals surface area contributed by atoms with Crippen molar-refractivity contribution in [3.05, 3.63) is 39.7 Å². The molecule has 30 heavy (non-hydrogen) atoms. The van der Waals surface area contributed by atoms with Crippen molar-refractivity contribution in [2.75, 3.05) is 6.54 Å². The summed E-state index contributed by atoms with van der Waals surface area (Å²) in [5.41, 5.74) is 1.72. The van der Waals surface area contributed by atoms with E-state index in [1.807, 2.05) is 19.9 Å². The first-order valence-corrected chi connectivity index (χ1v) is 10.5. The van der Waals surface area contributed by atoms with Crippen molar-refractivity contribution >= 4 is 22.8 Å². The minimum atomic E-state index is -0.979. The average Bonchev–Trinajstić information content (AvgIpc) is 2.70. The molecule has 0 saturated heterocycles. The molecule has 0 aliphatic heterocycles. The number of hydrogen-bond donors (Lipinski definition) is 1. The van der Waals surface area contributed by atoms with Crippen molar-refractivity contribution < 1.29 is 23.8 Å². The molecule has 0 spiro atoms. The van der Waals surface area contributed by atoms with Gasteiger partial charge < -0.3 is 24.4 Å². The summed E-state index contributed by atoms with van der Waals surface area (Å²) in [6.07, 6.45) is 2.61. The van der Waals surface area contributed by atoms with Crippen molar-refractivity contribution in [2.24, 2.45) is 11.8 Å². The number of aliphatic carboxylic acids is 1. The summed E-state index contributed by atoms with van der Waals surface area (Å²) >= 11 is 0. The molecule has 3 rings (SSSR count). The van der Waals surface area contributed by atoms with Crippen LogP contribution in [0, 0.1) is 18.8 Å². The number of rotatable bonds is 7. The molecular formula is C23H28NO6-. The van der Waals surface area contributed by atoms with Gasteiger partial charge >= 0.3 is 5.63 Å². The Morgan fingerprint density at radius 1 is 1.23 bits per heavy atom. The fourth-order valence-corrected chi connectivity index (χ4v) is 4.08. The molecule has 2 aromatic rings. The Balaban J connectivity index is 1.66. The highest BCUT2D eigenvalue weighted by atomic mass is 16.5. The second-order valence-corrected chi connectivity index (χ2v) is 8.12. The highest BCUT2D eigenvalue weighted by Gasteiger charge is 2.24. The Morgan fingerprint density at radius 3 is 2.57 bits per heavy atom. The van der Waals surface area contributed by atoms with Crippen molar-refractivity contribution in [1.82, 2.24) is 5.32 Å². The molecule has 1 amide bonds. The lowest BCUT2D eigenvalue weighted by Gasteiger charge is -2.29. The van der Waals surface area contributed by atoms with Crippen LogP contribution in [0.2, 0.25) is 0 Å². The second-order valence-electron chi connectivity index (χ2n) is 8.12. The minimum Gasteiger partial charge on any atom is -0.550 e. The number of fused-ring (bicyclic) bond motifs is 1. The van der Waals surface area contributed by atoms with Crippen LogP contribution in [-0.4, -0.2) is 24.5 Å². The van der Waals surface area contributed by atoms with Crippen LogP contribution < -0.4 is 20.8 Å². The lowest BCUT2D eigenvalue weighted by Crippen LogP contribution is -2.40. The van der Waals surface area contributed by atoms with Crippen LogP contribution in [0.15, 0.2) is 27.4 Å². The van der Waals surface area contributed by atoms with Gasteiger partial charge in [0.25, 0.3) is 5.91 Å². The molecule has 7 heteroatoms. The topological polar surface area (TPSA) is 109 Å². The molecule has 1 saturated carbocycles. The van der Waals surface area contributed by atoms with Crippen LogP contribution in [-0.2, 0) is 16.0 Å². The summed E-state index contributed by atoms with van der Waals surface area (Å²) in [6, 6.07) is 5.08. The van der Waals surface area contributed by atoms with E-state index in [2.05, 4.69) is 5.32 Å². The number of amides is 1. The Hall–Kier alpha value is -2.83. The number of carbonyl (C=O) groups is 2. The first-order chi connectivity index (χ1) is 14.3. The highest BCUT2D eigenvalue weighted by molar-refractivity contribution is 5.88. The molecule has 1 fully saturated rings. The number of benzene rings is 1. The van der Waals surface area contributed by atoms with Gasteiger partial charge in [-0.05, 0) is 81.0 Å². The third-order valence-corrected chi connectivity index (χ3v) is 5.83. The molecular weight excluding hydrogens is 386 g/mol. The first-order valence-electron chi connectivity index (χ1n) is 10.5. The van der Waals surface area contributed by atoms with Crippen LogP contribution in [0.4, 0.5) is 0 Å². The van der Waals surface area contributed by atoms with Crippen LogP contribution in [0.5, 0.6) is 5.75 Å². The maximum atomic E-state index is 12.6. The molecule has 1 aromatic carbocycles. The molecule has 1 N–H and O–H groups in total. The van der Waals surface area contributed by atoms with Crippen LogP contribution >= 0.6 is 0 Å². The number of hydrogen-bond acceptors (Lipinski definition) is 6. The molecule has 1 aliphatic rings. The van der Waals surface area contributed by atoms with E-state index in [1.54, 1.807) is 13.0 Å². The van der Waals surface area contributed by atoms with Gasteiger partial charge in [0.15, 0.2) is 6.10 Å². The number of carboxylic acid groups (broad SMARTS) is 1. The summed E-state index contributed by atoms with van der Waals surface area (Å²) < 4.78 is 11.3. The fraction of sp³-hybridized carbons (Fsp3) is 0.522. The predicted octanol–water partition coefficient (Wildman–Crippen LogP) is 2.10. The van der Waals surface area contributed by atoms with E-state index in [9.17, 15) is 19.5 Å². The Labute approximate surface area is 175 Å². The lowest BCUT2D eigenvalue weighted by molar-refractivity contribution is -0.312. The summed E-state index contributed by atoms with van der Waals surface area (Å²) in [5.74, 6) is -0.809. The highest BCUT2D eigenvalue weighted by Crippen LogP contribution is 2.31. The normalized spacial score (nSPS) is 20.0. The number of carbonyl (C=O) groups excluding carboxylic acids is 2. The van der Waals surface area contributed by atoms with Crippen molar-refractivity contribution in [1.29, 1.82) is 0 Å². The zero-order valence-corrected chi connectivity index (χ0v) is 17.7. The average molecular weight is 414 g/mol.